The summed E-state index contributed by atoms with van der Waals surface area (Å²) >= 11 is 5.49. The fraction of sp³-hybridized carbons (Fsp3) is 0. The monoisotopic (exact) mass is 305 g/mol. The van der Waals surface area contributed by atoms with Crippen molar-refractivity contribution in [2.75, 3.05) is 4.72 Å². The zero-order valence-corrected chi connectivity index (χ0v) is 10.7. The number of rotatable bonds is 3. The molecule has 0 aliphatic carbocycles. The molecule has 1 aromatic heterocycles. The van der Waals surface area contributed by atoms with Crippen LogP contribution in [-0.2, 0) is 10.0 Å². The van der Waals surface area contributed by atoms with E-state index in [1.54, 1.807) is 0 Å². The first-order valence-electron chi connectivity index (χ1n) is 4.84. The van der Waals surface area contributed by atoms with Crippen molar-refractivity contribution in [2.24, 2.45) is 0 Å². The molecule has 0 atom stereocenters. The Kier molecular flexibility index (Phi) is 3.63. The van der Waals surface area contributed by atoms with Crippen LogP contribution in [0.3, 0.4) is 0 Å². The predicted octanol–water partition coefficient (Wildman–Crippen LogP) is 2.21. The third-order valence-corrected chi connectivity index (χ3v) is 3.53. The molecule has 2 aromatic rings. The van der Waals surface area contributed by atoms with Crippen LogP contribution in [0.5, 0.6) is 0 Å². The summed E-state index contributed by atoms with van der Waals surface area (Å²) in [6, 6.07) is 3.20. The van der Waals surface area contributed by atoms with Gasteiger partial charge in [0.2, 0.25) is 5.28 Å². The van der Waals surface area contributed by atoms with Crippen molar-refractivity contribution >= 4 is 27.4 Å². The van der Waals surface area contributed by atoms with Crippen molar-refractivity contribution in [3.05, 3.63) is 47.4 Å². The summed E-state index contributed by atoms with van der Waals surface area (Å²) < 4.78 is 51.7. The van der Waals surface area contributed by atoms with Gasteiger partial charge in [-0.15, -0.1) is 0 Å². The van der Waals surface area contributed by atoms with Crippen LogP contribution in [0.25, 0.3) is 0 Å². The molecule has 1 aromatic carbocycles. The molecule has 100 valence electrons. The molecule has 0 amide bonds. The molecule has 9 heteroatoms. The van der Waals surface area contributed by atoms with E-state index in [2.05, 4.69) is 9.97 Å². The fourth-order valence-electron chi connectivity index (χ4n) is 1.27. The van der Waals surface area contributed by atoms with E-state index in [0.29, 0.717) is 18.2 Å². The molecule has 0 fully saturated rings. The van der Waals surface area contributed by atoms with Crippen molar-refractivity contribution in [3.63, 3.8) is 0 Å². The Hall–Kier alpha value is -1.80. The van der Waals surface area contributed by atoms with Crippen LogP contribution < -0.4 is 4.72 Å². The van der Waals surface area contributed by atoms with E-state index >= 15 is 0 Å². The minimum atomic E-state index is -4.15. The number of nitrogens with zero attached hydrogens (tertiary/aromatic N) is 2. The molecule has 19 heavy (non-hydrogen) atoms. The number of halogens is 3. The molecule has 0 aliphatic rings. The highest BCUT2D eigenvalue weighted by atomic mass is 35.5. The van der Waals surface area contributed by atoms with Gasteiger partial charge < -0.3 is 0 Å². The summed E-state index contributed by atoms with van der Waals surface area (Å²) in [7, 11) is -4.15. The molecule has 0 unspecified atom stereocenters. The second kappa shape index (κ2) is 5.06. The lowest BCUT2D eigenvalue weighted by Crippen LogP contribution is -2.14. The molecule has 0 radical (unpaired) electrons. The van der Waals surface area contributed by atoms with E-state index in [1.807, 2.05) is 4.72 Å². The van der Waals surface area contributed by atoms with E-state index in [9.17, 15) is 17.2 Å². The molecule has 0 aliphatic heterocycles. The van der Waals surface area contributed by atoms with E-state index in [4.69, 9.17) is 11.6 Å². The maximum absolute atomic E-state index is 13.0. The Bertz CT molecular complexity index is 704. The number of benzene rings is 1. The van der Waals surface area contributed by atoms with Gasteiger partial charge in [-0.2, -0.15) is 4.98 Å². The topological polar surface area (TPSA) is 72.0 Å². The smallest absolute Gasteiger partial charge is 0.263 e. The van der Waals surface area contributed by atoms with Gasteiger partial charge in [0, 0.05) is 12.3 Å². The fourth-order valence-corrected chi connectivity index (χ4v) is 2.46. The molecular formula is C10H6ClF2N3O2S. The number of hydrogen-bond donors (Lipinski definition) is 1. The Morgan fingerprint density at radius 3 is 2.37 bits per heavy atom. The standard InChI is InChI=1S/C10H6ClF2N3O2S/c11-10-14-2-1-9(15-10)16-19(17,18)8-4-6(12)3-7(13)5-8/h1-5H,(H,14,15,16). The van der Waals surface area contributed by atoms with Crippen molar-refractivity contribution in [1.29, 1.82) is 0 Å². The number of hydrogen-bond acceptors (Lipinski definition) is 4. The van der Waals surface area contributed by atoms with Gasteiger partial charge in [0.1, 0.15) is 17.5 Å². The zero-order valence-electron chi connectivity index (χ0n) is 9.14. The first kappa shape index (κ1) is 13.6. The largest absolute Gasteiger partial charge is 0.263 e. The van der Waals surface area contributed by atoms with Gasteiger partial charge in [-0.3, -0.25) is 4.72 Å². The molecule has 1 heterocycles. The SMILES string of the molecule is O=S(=O)(Nc1ccnc(Cl)n1)c1cc(F)cc(F)c1. The highest BCUT2D eigenvalue weighted by molar-refractivity contribution is 7.92. The van der Waals surface area contributed by atoms with Crippen LogP contribution in [0.4, 0.5) is 14.6 Å². The lowest BCUT2D eigenvalue weighted by molar-refractivity contribution is 0.568. The Morgan fingerprint density at radius 2 is 1.79 bits per heavy atom. The summed E-state index contributed by atoms with van der Waals surface area (Å²) in [6.45, 7) is 0. The summed E-state index contributed by atoms with van der Waals surface area (Å²) in [5.41, 5.74) is 0. The maximum Gasteiger partial charge on any atom is 0.263 e. The van der Waals surface area contributed by atoms with Crippen LogP contribution in [-0.4, -0.2) is 18.4 Å². The maximum atomic E-state index is 13.0. The third-order valence-electron chi connectivity index (χ3n) is 2.01. The quantitative estimate of drug-likeness (QED) is 0.883. The molecule has 2 rings (SSSR count). The summed E-state index contributed by atoms with van der Waals surface area (Å²) in [6.07, 6.45) is 1.24. The molecule has 0 saturated carbocycles. The van der Waals surface area contributed by atoms with Crippen LogP contribution in [0.1, 0.15) is 0 Å². The first-order chi connectivity index (χ1) is 8.87. The molecule has 1 N–H and O–H groups in total. The van der Waals surface area contributed by atoms with Gasteiger partial charge in [-0.05, 0) is 29.8 Å². The number of anilines is 1. The molecule has 0 spiro atoms. The van der Waals surface area contributed by atoms with E-state index < -0.39 is 26.6 Å². The molecule has 0 bridgehead atoms. The van der Waals surface area contributed by atoms with Gasteiger partial charge in [0.05, 0.1) is 4.90 Å². The van der Waals surface area contributed by atoms with E-state index in [1.165, 1.54) is 12.3 Å². The van der Waals surface area contributed by atoms with Gasteiger partial charge >= 0.3 is 0 Å². The summed E-state index contributed by atoms with van der Waals surface area (Å²) in [5.74, 6) is -2.10. The number of aromatic nitrogens is 2. The average Bonchev–Trinajstić information content (AvgIpc) is 2.26. The van der Waals surface area contributed by atoms with Crippen molar-refractivity contribution in [1.82, 2.24) is 9.97 Å². The van der Waals surface area contributed by atoms with E-state index in [0.717, 1.165) is 0 Å². The van der Waals surface area contributed by atoms with Gasteiger partial charge in [-0.25, -0.2) is 22.2 Å². The van der Waals surface area contributed by atoms with Crippen molar-refractivity contribution in [2.45, 2.75) is 4.90 Å². The van der Waals surface area contributed by atoms with Crippen LogP contribution >= 0.6 is 11.6 Å². The predicted molar refractivity (Wildman–Crippen MR) is 64.2 cm³/mol. The Morgan fingerprint density at radius 1 is 1.16 bits per heavy atom. The lowest BCUT2D eigenvalue weighted by Gasteiger charge is -2.07. The van der Waals surface area contributed by atoms with Crippen molar-refractivity contribution in [3.8, 4) is 0 Å². The summed E-state index contributed by atoms with van der Waals surface area (Å²) in [5, 5.41) is -0.161. The van der Waals surface area contributed by atoms with Gasteiger partial charge in [0.25, 0.3) is 10.0 Å². The van der Waals surface area contributed by atoms with Crippen LogP contribution in [0.2, 0.25) is 5.28 Å². The third kappa shape index (κ3) is 3.36. The molecule has 0 saturated heterocycles. The summed E-state index contributed by atoms with van der Waals surface area (Å²) in [4.78, 5) is 6.62. The van der Waals surface area contributed by atoms with Crippen molar-refractivity contribution < 1.29 is 17.2 Å². The Labute approximate surface area is 112 Å². The first-order valence-corrected chi connectivity index (χ1v) is 6.70. The number of nitrogens with one attached hydrogen (secondary N) is 1. The van der Waals surface area contributed by atoms with E-state index in [-0.39, 0.29) is 11.1 Å². The minimum absolute atomic E-state index is 0.107. The van der Waals surface area contributed by atoms with Crippen LogP contribution in [0.15, 0.2) is 35.4 Å². The normalized spacial score (nSPS) is 11.3. The van der Waals surface area contributed by atoms with Gasteiger partial charge in [0.15, 0.2) is 0 Å². The zero-order chi connectivity index (χ0) is 14.0. The second-order valence-corrected chi connectivity index (χ2v) is 5.44. The molecular weight excluding hydrogens is 300 g/mol. The highest BCUT2D eigenvalue weighted by Gasteiger charge is 2.17. The number of sulfonamides is 1. The second-order valence-electron chi connectivity index (χ2n) is 3.42. The average molecular weight is 306 g/mol. The highest BCUT2D eigenvalue weighted by Crippen LogP contribution is 2.17. The molecule has 5 nitrogen and oxygen atoms in total. The Balaban J connectivity index is 2.37. The van der Waals surface area contributed by atoms with Gasteiger partial charge in [-0.1, -0.05) is 0 Å². The van der Waals surface area contributed by atoms with Crippen LogP contribution in [0, 0.1) is 11.6 Å². The lowest BCUT2D eigenvalue weighted by atomic mass is 10.3. The minimum Gasteiger partial charge on any atom is -0.263 e.